The van der Waals surface area contributed by atoms with Gasteiger partial charge in [-0.2, -0.15) is 5.01 Å². The molecule has 1 fully saturated rings. The Morgan fingerprint density at radius 3 is 2.22 bits per heavy atom. The Bertz CT molecular complexity index is 576. The summed E-state index contributed by atoms with van der Waals surface area (Å²) in [5.74, 6) is -0.868. The third kappa shape index (κ3) is 1.60. The van der Waals surface area contributed by atoms with Crippen molar-refractivity contribution >= 4 is 34.7 Å². The van der Waals surface area contributed by atoms with Crippen LogP contribution >= 0.6 is 11.8 Å². The predicted molar refractivity (Wildman–Crippen MR) is 65.0 cm³/mol. The van der Waals surface area contributed by atoms with Crippen molar-refractivity contribution in [2.45, 2.75) is 0 Å². The molecule has 0 aliphatic carbocycles. The zero-order valence-corrected chi connectivity index (χ0v) is 9.86. The van der Waals surface area contributed by atoms with Gasteiger partial charge in [-0.05, 0) is 12.1 Å². The molecule has 0 saturated carbocycles. The first-order chi connectivity index (χ1) is 8.66. The van der Waals surface area contributed by atoms with Crippen molar-refractivity contribution in [2.75, 3.05) is 5.75 Å². The molecule has 3 rings (SSSR count). The SMILES string of the molecule is O=C1CS/C(=N/N2C(=O)c3ccccc3C2=O)N1. The van der Waals surface area contributed by atoms with Crippen molar-refractivity contribution in [1.82, 2.24) is 10.3 Å². The third-order valence-electron chi connectivity index (χ3n) is 2.55. The number of hydrogen-bond donors (Lipinski definition) is 1. The van der Waals surface area contributed by atoms with Crippen LogP contribution in [-0.4, -0.2) is 33.7 Å². The van der Waals surface area contributed by atoms with E-state index in [-0.39, 0.29) is 16.8 Å². The number of fused-ring (bicyclic) bond motifs is 1. The number of nitrogens with zero attached hydrogens (tertiary/aromatic N) is 2. The van der Waals surface area contributed by atoms with Crippen molar-refractivity contribution in [1.29, 1.82) is 0 Å². The molecule has 2 heterocycles. The second kappa shape index (κ2) is 3.95. The summed E-state index contributed by atoms with van der Waals surface area (Å²) >= 11 is 1.16. The van der Waals surface area contributed by atoms with Crippen LogP contribution in [0.4, 0.5) is 0 Å². The molecule has 6 nitrogen and oxygen atoms in total. The quantitative estimate of drug-likeness (QED) is 0.743. The lowest BCUT2D eigenvalue weighted by atomic mass is 10.1. The minimum absolute atomic E-state index is 0.185. The summed E-state index contributed by atoms with van der Waals surface area (Å²) in [5, 5.41) is 7.42. The molecule has 2 aliphatic rings. The largest absolute Gasteiger partial charge is 0.303 e. The van der Waals surface area contributed by atoms with E-state index >= 15 is 0 Å². The molecule has 7 heteroatoms. The van der Waals surface area contributed by atoms with E-state index in [0.717, 1.165) is 16.8 Å². The number of rotatable bonds is 1. The van der Waals surface area contributed by atoms with Crippen molar-refractivity contribution in [3.8, 4) is 0 Å². The summed E-state index contributed by atoms with van der Waals surface area (Å²) in [5.41, 5.74) is 0.669. The molecule has 1 N–H and O–H groups in total. The van der Waals surface area contributed by atoms with Crippen LogP contribution < -0.4 is 5.32 Å². The molecule has 90 valence electrons. The number of nitrogens with one attached hydrogen (secondary N) is 1. The van der Waals surface area contributed by atoms with Gasteiger partial charge in [-0.1, -0.05) is 23.9 Å². The maximum absolute atomic E-state index is 12.0. The second-order valence-corrected chi connectivity index (χ2v) is 4.67. The van der Waals surface area contributed by atoms with Gasteiger partial charge in [0.05, 0.1) is 16.9 Å². The Balaban J connectivity index is 1.95. The van der Waals surface area contributed by atoms with Crippen LogP contribution in [0, 0.1) is 0 Å². The molecule has 0 radical (unpaired) electrons. The molecule has 1 aromatic rings. The first-order valence-corrected chi connectivity index (χ1v) is 6.14. The molecule has 0 aromatic heterocycles. The monoisotopic (exact) mass is 261 g/mol. The van der Waals surface area contributed by atoms with Crippen LogP contribution in [0.5, 0.6) is 0 Å². The highest BCUT2D eigenvalue weighted by Gasteiger charge is 2.36. The van der Waals surface area contributed by atoms with E-state index in [1.165, 1.54) is 0 Å². The fourth-order valence-electron chi connectivity index (χ4n) is 1.74. The van der Waals surface area contributed by atoms with Crippen LogP contribution in [0.25, 0.3) is 0 Å². The smallest absolute Gasteiger partial charge is 0.282 e. The van der Waals surface area contributed by atoms with Crippen molar-refractivity contribution in [3.05, 3.63) is 35.4 Å². The molecule has 0 bridgehead atoms. The highest BCUT2D eigenvalue weighted by Crippen LogP contribution is 2.23. The second-order valence-electron chi connectivity index (χ2n) is 3.71. The normalized spacial score (nSPS) is 20.6. The van der Waals surface area contributed by atoms with Crippen molar-refractivity contribution in [2.24, 2.45) is 5.10 Å². The van der Waals surface area contributed by atoms with E-state index in [2.05, 4.69) is 10.4 Å². The van der Waals surface area contributed by atoms with Gasteiger partial charge in [0.1, 0.15) is 0 Å². The first kappa shape index (κ1) is 11.0. The first-order valence-electron chi connectivity index (χ1n) is 5.16. The zero-order chi connectivity index (χ0) is 12.7. The molecule has 0 atom stereocenters. The fraction of sp³-hybridized carbons (Fsp3) is 0.0909. The minimum Gasteiger partial charge on any atom is -0.303 e. The van der Waals surface area contributed by atoms with Gasteiger partial charge in [0, 0.05) is 0 Å². The number of hydrogen-bond acceptors (Lipinski definition) is 5. The van der Waals surface area contributed by atoms with E-state index in [1.807, 2.05) is 0 Å². The number of amidine groups is 1. The van der Waals surface area contributed by atoms with Gasteiger partial charge < -0.3 is 5.32 Å². The lowest BCUT2D eigenvalue weighted by Gasteiger charge is -2.06. The number of imide groups is 1. The van der Waals surface area contributed by atoms with Crippen molar-refractivity contribution < 1.29 is 14.4 Å². The number of thioether (sulfide) groups is 1. The average Bonchev–Trinajstić information content (AvgIpc) is 2.88. The van der Waals surface area contributed by atoms with Gasteiger partial charge in [0.25, 0.3) is 11.8 Å². The highest BCUT2D eigenvalue weighted by atomic mass is 32.2. The summed E-state index contributed by atoms with van der Waals surface area (Å²) in [6.45, 7) is 0. The maximum atomic E-state index is 12.0. The predicted octanol–water partition coefficient (Wildman–Crippen LogP) is 0.417. The molecular formula is C11H7N3O3S. The summed E-state index contributed by atoms with van der Waals surface area (Å²) in [4.78, 5) is 34.9. The molecule has 0 spiro atoms. The van der Waals surface area contributed by atoms with E-state index in [4.69, 9.17) is 0 Å². The fourth-order valence-corrected chi connectivity index (χ4v) is 2.40. The Morgan fingerprint density at radius 2 is 1.72 bits per heavy atom. The van der Waals surface area contributed by atoms with Crippen molar-refractivity contribution in [3.63, 3.8) is 0 Å². The van der Waals surface area contributed by atoms with Gasteiger partial charge in [0.2, 0.25) is 5.91 Å². The van der Waals surface area contributed by atoms with Crippen LogP contribution in [0.1, 0.15) is 20.7 Å². The van der Waals surface area contributed by atoms with E-state index in [1.54, 1.807) is 24.3 Å². The summed E-state index contributed by atoms with van der Waals surface area (Å²) in [6.07, 6.45) is 0. The highest BCUT2D eigenvalue weighted by molar-refractivity contribution is 8.15. The third-order valence-corrected chi connectivity index (χ3v) is 3.41. The van der Waals surface area contributed by atoms with Crippen LogP contribution in [0.3, 0.4) is 0 Å². The van der Waals surface area contributed by atoms with Gasteiger partial charge >= 0.3 is 0 Å². The van der Waals surface area contributed by atoms with E-state index in [9.17, 15) is 14.4 Å². The molecule has 1 aromatic carbocycles. The van der Waals surface area contributed by atoms with E-state index in [0.29, 0.717) is 11.1 Å². The maximum Gasteiger partial charge on any atom is 0.282 e. The summed E-state index contributed by atoms with van der Waals surface area (Å²) < 4.78 is 0. The Hall–Kier alpha value is -2.15. The van der Waals surface area contributed by atoms with Gasteiger partial charge in [0.15, 0.2) is 5.17 Å². The minimum atomic E-state index is -0.468. The summed E-state index contributed by atoms with van der Waals surface area (Å²) in [6, 6.07) is 6.53. The van der Waals surface area contributed by atoms with Crippen LogP contribution in [0.2, 0.25) is 0 Å². The molecule has 3 amide bonds. The summed E-state index contributed by atoms with van der Waals surface area (Å²) in [7, 11) is 0. The number of carbonyl (C=O) groups is 3. The molecule has 1 saturated heterocycles. The van der Waals surface area contributed by atoms with Gasteiger partial charge in [-0.25, -0.2) is 0 Å². The Kier molecular flexibility index (Phi) is 2.41. The topological polar surface area (TPSA) is 78.8 Å². The lowest BCUT2D eigenvalue weighted by Crippen LogP contribution is -2.29. The van der Waals surface area contributed by atoms with E-state index < -0.39 is 11.8 Å². The molecule has 0 unspecified atom stereocenters. The zero-order valence-electron chi connectivity index (χ0n) is 9.04. The Labute approximate surface area is 106 Å². The lowest BCUT2D eigenvalue weighted by molar-refractivity contribution is -0.116. The molecule has 18 heavy (non-hydrogen) atoms. The molecular weight excluding hydrogens is 254 g/mol. The van der Waals surface area contributed by atoms with Crippen LogP contribution in [0.15, 0.2) is 29.4 Å². The standard InChI is InChI=1S/C11H7N3O3S/c15-8-5-18-11(12-8)13-14-9(16)6-3-1-2-4-7(6)10(14)17/h1-4H,5H2,(H,12,13,15). The number of benzene rings is 1. The van der Waals surface area contributed by atoms with Gasteiger partial charge in [-0.3, -0.25) is 14.4 Å². The number of amides is 3. The van der Waals surface area contributed by atoms with Crippen LogP contribution in [-0.2, 0) is 4.79 Å². The molecule has 2 aliphatic heterocycles. The Morgan fingerprint density at radius 1 is 1.11 bits per heavy atom. The number of hydrazone groups is 1. The number of carbonyl (C=O) groups excluding carboxylic acids is 3. The average molecular weight is 261 g/mol. The van der Waals surface area contributed by atoms with Gasteiger partial charge in [-0.15, -0.1) is 5.10 Å².